The van der Waals surface area contributed by atoms with Crippen molar-refractivity contribution in [2.24, 2.45) is 5.73 Å². The Bertz CT molecular complexity index is 727. The van der Waals surface area contributed by atoms with E-state index in [1.54, 1.807) is 10.9 Å². The van der Waals surface area contributed by atoms with E-state index in [0.29, 0.717) is 12.1 Å². The summed E-state index contributed by atoms with van der Waals surface area (Å²) < 4.78 is 2.79. The van der Waals surface area contributed by atoms with E-state index in [0.717, 1.165) is 28.7 Å². The molecule has 3 rings (SSSR count). The zero-order valence-corrected chi connectivity index (χ0v) is 15.0. The van der Waals surface area contributed by atoms with Gasteiger partial charge < -0.3 is 10.6 Å². The van der Waals surface area contributed by atoms with Crippen LogP contribution in [0.5, 0.6) is 0 Å². The molecule has 0 unspecified atom stereocenters. The third-order valence-electron chi connectivity index (χ3n) is 4.47. The van der Waals surface area contributed by atoms with Crippen molar-refractivity contribution in [1.29, 1.82) is 0 Å². The molecule has 1 fully saturated rings. The van der Waals surface area contributed by atoms with E-state index in [2.05, 4.69) is 28.0 Å². The molecule has 0 saturated carbocycles. The molecule has 1 amide bonds. The molecule has 0 aliphatic carbocycles. The van der Waals surface area contributed by atoms with Gasteiger partial charge >= 0.3 is 0 Å². The molecule has 0 radical (unpaired) electrons. The molecule has 1 saturated heterocycles. The highest BCUT2D eigenvalue weighted by atomic mass is 79.9. The van der Waals surface area contributed by atoms with E-state index in [-0.39, 0.29) is 18.0 Å². The minimum atomic E-state index is 0.0446. The van der Waals surface area contributed by atoms with Gasteiger partial charge in [0.25, 0.3) is 5.91 Å². The van der Waals surface area contributed by atoms with E-state index in [4.69, 9.17) is 5.73 Å². The molecule has 2 N–H and O–H groups in total. The number of hydrogen-bond donors (Lipinski definition) is 1. The maximum atomic E-state index is 12.9. The molecule has 0 bridgehead atoms. The Hall–Kier alpha value is -1.66. The number of likely N-dealkylation sites (tertiary alicyclic amines) is 1. The Labute approximate surface area is 144 Å². The van der Waals surface area contributed by atoms with Gasteiger partial charge in [-0.25, -0.2) is 4.68 Å². The van der Waals surface area contributed by atoms with Gasteiger partial charge in [0.2, 0.25) is 0 Å². The molecule has 1 aromatic carbocycles. The second kappa shape index (κ2) is 6.45. The van der Waals surface area contributed by atoms with Crippen LogP contribution >= 0.6 is 15.9 Å². The van der Waals surface area contributed by atoms with Crippen LogP contribution in [-0.4, -0.2) is 39.2 Å². The maximum Gasteiger partial charge on any atom is 0.257 e. The predicted octanol–water partition coefficient (Wildman–Crippen LogP) is 2.90. The minimum Gasteiger partial charge on any atom is -0.336 e. The lowest BCUT2D eigenvalue weighted by atomic mass is 9.98. The Morgan fingerprint density at radius 1 is 1.43 bits per heavy atom. The van der Waals surface area contributed by atoms with E-state index >= 15 is 0 Å². The molecule has 1 aromatic heterocycles. The van der Waals surface area contributed by atoms with Gasteiger partial charge in [-0.15, -0.1) is 0 Å². The van der Waals surface area contributed by atoms with Crippen molar-refractivity contribution in [3.63, 3.8) is 0 Å². The van der Waals surface area contributed by atoms with Crippen molar-refractivity contribution in [3.05, 3.63) is 46.2 Å². The maximum absolute atomic E-state index is 12.9. The van der Waals surface area contributed by atoms with Gasteiger partial charge in [0, 0.05) is 23.1 Å². The van der Waals surface area contributed by atoms with Crippen molar-refractivity contribution in [2.75, 3.05) is 6.54 Å². The van der Waals surface area contributed by atoms with Crippen molar-refractivity contribution >= 4 is 21.8 Å². The van der Waals surface area contributed by atoms with Gasteiger partial charge in [0.1, 0.15) is 0 Å². The lowest BCUT2D eigenvalue weighted by Crippen LogP contribution is -2.48. The van der Waals surface area contributed by atoms with E-state index in [1.807, 2.05) is 36.1 Å². The number of hydrogen-bond acceptors (Lipinski definition) is 3. The highest BCUT2D eigenvalue weighted by Crippen LogP contribution is 2.22. The summed E-state index contributed by atoms with van der Waals surface area (Å²) in [5.74, 6) is 0.0446. The minimum absolute atomic E-state index is 0.0446. The van der Waals surface area contributed by atoms with Gasteiger partial charge in [-0.1, -0.05) is 22.0 Å². The largest absolute Gasteiger partial charge is 0.336 e. The summed E-state index contributed by atoms with van der Waals surface area (Å²) in [5.41, 5.74) is 8.44. The average molecular weight is 377 g/mol. The number of aromatic nitrogens is 2. The lowest BCUT2D eigenvalue weighted by Gasteiger charge is -2.36. The SMILES string of the molecule is Cc1c(C(=O)N2CC[C@@H](N)C[C@@H]2C)cnn1-c1cccc(Br)c1. The van der Waals surface area contributed by atoms with Crippen LogP contribution in [0.25, 0.3) is 5.69 Å². The molecule has 1 aliphatic heterocycles. The summed E-state index contributed by atoms with van der Waals surface area (Å²) in [6, 6.07) is 8.24. The van der Waals surface area contributed by atoms with Crippen molar-refractivity contribution in [2.45, 2.75) is 38.8 Å². The Morgan fingerprint density at radius 2 is 2.22 bits per heavy atom. The number of benzene rings is 1. The fraction of sp³-hybridized carbons (Fsp3) is 0.412. The first kappa shape index (κ1) is 16.2. The first-order valence-electron chi connectivity index (χ1n) is 7.84. The number of nitrogens with two attached hydrogens (primary N) is 1. The third kappa shape index (κ3) is 3.19. The smallest absolute Gasteiger partial charge is 0.257 e. The van der Waals surface area contributed by atoms with Crippen molar-refractivity contribution < 1.29 is 4.79 Å². The molecule has 1 aliphatic rings. The average Bonchev–Trinajstić information content (AvgIpc) is 2.88. The van der Waals surface area contributed by atoms with Crippen LogP contribution in [0.1, 0.15) is 35.8 Å². The quantitative estimate of drug-likeness (QED) is 0.876. The predicted molar refractivity (Wildman–Crippen MR) is 93.7 cm³/mol. The second-order valence-corrected chi connectivity index (χ2v) is 7.08. The molecule has 2 heterocycles. The number of rotatable bonds is 2. The standard InChI is InChI=1S/C17H21BrN4O/c1-11-8-14(19)6-7-21(11)17(23)16-10-20-22(12(16)2)15-5-3-4-13(18)9-15/h3-5,9-11,14H,6-8,19H2,1-2H3/t11-,14+/m0/s1. The lowest BCUT2D eigenvalue weighted by molar-refractivity contribution is 0.0618. The fourth-order valence-electron chi connectivity index (χ4n) is 3.15. The van der Waals surface area contributed by atoms with Crippen LogP contribution < -0.4 is 5.73 Å². The van der Waals surface area contributed by atoms with E-state index < -0.39 is 0 Å². The monoisotopic (exact) mass is 376 g/mol. The number of halogens is 1. The zero-order valence-electron chi connectivity index (χ0n) is 13.4. The number of carbonyl (C=O) groups excluding carboxylic acids is 1. The summed E-state index contributed by atoms with van der Waals surface area (Å²) in [6.45, 7) is 4.70. The first-order chi connectivity index (χ1) is 11.0. The number of amides is 1. The number of carbonyl (C=O) groups is 1. The van der Waals surface area contributed by atoms with Crippen LogP contribution in [-0.2, 0) is 0 Å². The summed E-state index contributed by atoms with van der Waals surface area (Å²) in [5, 5.41) is 4.41. The highest BCUT2D eigenvalue weighted by molar-refractivity contribution is 9.10. The van der Waals surface area contributed by atoms with Crippen LogP contribution in [0.15, 0.2) is 34.9 Å². The summed E-state index contributed by atoms with van der Waals surface area (Å²) in [6.07, 6.45) is 3.37. The van der Waals surface area contributed by atoms with Gasteiger partial charge in [-0.05, 0) is 44.9 Å². The van der Waals surface area contributed by atoms with E-state index in [1.165, 1.54) is 0 Å². The Morgan fingerprint density at radius 3 is 2.91 bits per heavy atom. The molecule has 5 nitrogen and oxygen atoms in total. The molecular weight excluding hydrogens is 356 g/mol. The Kier molecular flexibility index (Phi) is 4.55. The topological polar surface area (TPSA) is 64.2 Å². The molecule has 2 aromatic rings. The summed E-state index contributed by atoms with van der Waals surface area (Å²) >= 11 is 3.47. The third-order valence-corrected chi connectivity index (χ3v) is 4.96. The van der Waals surface area contributed by atoms with Gasteiger partial charge in [-0.3, -0.25) is 4.79 Å². The van der Waals surface area contributed by atoms with Crippen LogP contribution in [0.2, 0.25) is 0 Å². The highest BCUT2D eigenvalue weighted by Gasteiger charge is 2.29. The normalized spacial score (nSPS) is 21.5. The van der Waals surface area contributed by atoms with Gasteiger partial charge in [0.05, 0.1) is 23.1 Å². The summed E-state index contributed by atoms with van der Waals surface area (Å²) in [4.78, 5) is 14.8. The molecular formula is C17H21BrN4O. The fourth-order valence-corrected chi connectivity index (χ4v) is 3.54. The van der Waals surface area contributed by atoms with Gasteiger partial charge in [0.15, 0.2) is 0 Å². The van der Waals surface area contributed by atoms with Crippen molar-refractivity contribution in [3.8, 4) is 5.69 Å². The molecule has 2 atom stereocenters. The van der Waals surface area contributed by atoms with Crippen LogP contribution in [0, 0.1) is 6.92 Å². The number of nitrogens with zero attached hydrogens (tertiary/aromatic N) is 3. The summed E-state index contributed by atoms with van der Waals surface area (Å²) in [7, 11) is 0. The van der Waals surface area contributed by atoms with E-state index in [9.17, 15) is 4.79 Å². The van der Waals surface area contributed by atoms with Crippen LogP contribution in [0.4, 0.5) is 0 Å². The van der Waals surface area contributed by atoms with Crippen molar-refractivity contribution in [1.82, 2.24) is 14.7 Å². The molecule has 6 heteroatoms. The molecule has 122 valence electrons. The zero-order chi connectivity index (χ0) is 16.6. The van der Waals surface area contributed by atoms with Gasteiger partial charge in [-0.2, -0.15) is 5.10 Å². The first-order valence-corrected chi connectivity index (χ1v) is 8.64. The second-order valence-electron chi connectivity index (χ2n) is 6.17. The molecule has 23 heavy (non-hydrogen) atoms. The van der Waals surface area contributed by atoms with Crippen LogP contribution in [0.3, 0.4) is 0 Å². The number of piperidine rings is 1. The molecule has 0 spiro atoms. The Balaban J connectivity index is 1.88.